The monoisotopic (exact) mass is 350 g/mol. The predicted molar refractivity (Wildman–Crippen MR) is 23.7 cm³/mol. The SMILES string of the molecule is N.N.N.N.O.[Br-].[Br-].[Pd+2]. The Kier molecular flexibility index (Phi) is 9470. The van der Waals surface area contributed by atoms with Gasteiger partial charge in [-0.3, -0.25) is 0 Å². The maximum absolute atomic E-state index is 0. The van der Waals surface area contributed by atoms with Crippen molar-refractivity contribution in [3.63, 3.8) is 0 Å². The molecule has 0 aromatic carbocycles. The Morgan fingerprint density at radius 3 is 0.500 bits per heavy atom. The van der Waals surface area contributed by atoms with Crippen molar-refractivity contribution in [1.82, 2.24) is 24.6 Å². The van der Waals surface area contributed by atoms with Gasteiger partial charge in [0.15, 0.2) is 0 Å². The first-order chi connectivity index (χ1) is 0. The summed E-state index contributed by atoms with van der Waals surface area (Å²) in [6.07, 6.45) is 0. The summed E-state index contributed by atoms with van der Waals surface area (Å²) < 4.78 is 0. The van der Waals surface area contributed by atoms with Crippen LogP contribution >= 0.6 is 0 Å². The van der Waals surface area contributed by atoms with Gasteiger partial charge in [0.2, 0.25) is 0 Å². The molecule has 14 N–H and O–H groups in total. The van der Waals surface area contributed by atoms with Crippen LogP contribution in [0.5, 0.6) is 0 Å². The van der Waals surface area contributed by atoms with Crippen LogP contribution in [0.2, 0.25) is 0 Å². The van der Waals surface area contributed by atoms with E-state index in [1.54, 1.807) is 0 Å². The van der Waals surface area contributed by atoms with Gasteiger partial charge >= 0.3 is 20.4 Å². The Bertz CT molecular complexity index is 14.0. The largest absolute Gasteiger partial charge is 2.00 e. The minimum absolute atomic E-state index is 0. The van der Waals surface area contributed by atoms with Crippen LogP contribution in [0.4, 0.5) is 0 Å². The first-order valence-electron chi connectivity index (χ1n) is 0. The first kappa shape index (κ1) is 330. The molecular formula is H14Br2N4OPd. The Morgan fingerprint density at radius 2 is 0.500 bits per heavy atom. The molecule has 8 heavy (non-hydrogen) atoms. The molecular weight excluding hydrogens is 338 g/mol. The molecule has 0 saturated carbocycles. The van der Waals surface area contributed by atoms with Gasteiger partial charge in [0.25, 0.3) is 0 Å². The molecule has 0 spiro atoms. The normalized spacial score (nSPS) is 0. The topological polar surface area (TPSA) is 172 Å². The minimum Gasteiger partial charge on any atom is -1.00 e. The summed E-state index contributed by atoms with van der Waals surface area (Å²) in [6.45, 7) is 0. The number of rotatable bonds is 0. The van der Waals surface area contributed by atoms with Crippen LogP contribution in [0.1, 0.15) is 0 Å². The fraction of sp³-hybridized carbons (Fsp3) is 0. The van der Waals surface area contributed by atoms with Gasteiger partial charge in [-0.2, -0.15) is 0 Å². The van der Waals surface area contributed by atoms with E-state index in [4.69, 9.17) is 0 Å². The van der Waals surface area contributed by atoms with Gasteiger partial charge in [0, 0.05) is 0 Å². The second-order valence-corrected chi connectivity index (χ2v) is 0. The Morgan fingerprint density at radius 1 is 0.500 bits per heavy atom. The number of hydrogen-bond donors (Lipinski definition) is 4. The van der Waals surface area contributed by atoms with Gasteiger partial charge < -0.3 is 64.0 Å². The fourth-order valence-corrected chi connectivity index (χ4v) is 0. The Balaban J connectivity index is 0. The van der Waals surface area contributed by atoms with Gasteiger partial charge in [0.05, 0.1) is 0 Å². The van der Waals surface area contributed by atoms with Crippen LogP contribution in [-0.4, -0.2) is 5.48 Å². The van der Waals surface area contributed by atoms with Crippen molar-refractivity contribution < 1.29 is 59.9 Å². The third-order valence-electron chi connectivity index (χ3n) is 0. The standard InChI is InChI=1S/2BrH.4H3N.H2O.Pd/h2*1H;4*1H3;1H2;/q;;;;;;;+2/p-2. The van der Waals surface area contributed by atoms with Crippen LogP contribution in [-0.2, 0) is 20.4 Å². The van der Waals surface area contributed by atoms with Crippen LogP contribution in [0.3, 0.4) is 0 Å². The van der Waals surface area contributed by atoms with Gasteiger partial charge in [-0.25, -0.2) is 0 Å². The molecule has 0 saturated heterocycles. The predicted octanol–water partition coefficient (Wildman–Crippen LogP) is -6.17. The zero-order valence-corrected chi connectivity index (χ0v) is 9.13. The quantitative estimate of drug-likeness (QED) is 0.318. The van der Waals surface area contributed by atoms with E-state index < -0.39 is 0 Å². The molecule has 0 bridgehead atoms. The summed E-state index contributed by atoms with van der Waals surface area (Å²) in [5, 5.41) is 0. The van der Waals surface area contributed by atoms with E-state index in [1.165, 1.54) is 0 Å². The molecule has 64 valence electrons. The second-order valence-electron chi connectivity index (χ2n) is 0. The van der Waals surface area contributed by atoms with E-state index in [1.807, 2.05) is 0 Å². The number of halogens is 2. The van der Waals surface area contributed by atoms with E-state index in [2.05, 4.69) is 0 Å². The Labute approximate surface area is 84.2 Å². The van der Waals surface area contributed by atoms with Crippen molar-refractivity contribution in [2.75, 3.05) is 0 Å². The second kappa shape index (κ2) is 229. The van der Waals surface area contributed by atoms with E-state index >= 15 is 0 Å². The molecule has 0 aliphatic carbocycles. The third-order valence-corrected chi connectivity index (χ3v) is 0. The van der Waals surface area contributed by atoms with Crippen molar-refractivity contribution in [3.8, 4) is 0 Å². The fourth-order valence-electron chi connectivity index (χ4n) is 0. The van der Waals surface area contributed by atoms with Crippen LogP contribution < -0.4 is 58.6 Å². The molecule has 0 rings (SSSR count). The maximum atomic E-state index is 0. The van der Waals surface area contributed by atoms with E-state index in [0.29, 0.717) is 0 Å². The van der Waals surface area contributed by atoms with Crippen molar-refractivity contribution in [3.05, 3.63) is 0 Å². The average molecular weight is 352 g/mol. The molecule has 0 aromatic heterocycles. The van der Waals surface area contributed by atoms with Crippen molar-refractivity contribution in [2.24, 2.45) is 0 Å². The smallest absolute Gasteiger partial charge is 1.00 e. The maximum Gasteiger partial charge on any atom is 2.00 e. The van der Waals surface area contributed by atoms with E-state index in [-0.39, 0.29) is 84.5 Å². The summed E-state index contributed by atoms with van der Waals surface area (Å²) in [7, 11) is 0. The van der Waals surface area contributed by atoms with Gasteiger partial charge in [-0.05, 0) is 0 Å². The molecule has 0 amide bonds. The molecule has 0 atom stereocenters. The summed E-state index contributed by atoms with van der Waals surface area (Å²) in [5.41, 5.74) is 0. The zero-order valence-electron chi connectivity index (χ0n) is 4.40. The molecule has 0 aliphatic rings. The molecule has 0 aliphatic heterocycles. The number of hydrogen-bond acceptors (Lipinski definition) is 4. The molecule has 8 heteroatoms. The molecule has 0 fully saturated rings. The van der Waals surface area contributed by atoms with Gasteiger partial charge in [-0.1, -0.05) is 0 Å². The van der Waals surface area contributed by atoms with Crippen LogP contribution in [0.25, 0.3) is 0 Å². The van der Waals surface area contributed by atoms with Crippen molar-refractivity contribution >= 4 is 0 Å². The van der Waals surface area contributed by atoms with Crippen LogP contribution in [0, 0.1) is 0 Å². The van der Waals surface area contributed by atoms with E-state index in [9.17, 15) is 0 Å². The molecule has 0 aromatic rings. The van der Waals surface area contributed by atoms with Gasteiger partial charge in [0.1, 0.15) is 0 Å². The molecule has 0 heterocycles. The van der Waals surface area contributed by atoms with E-state index in [0.717, 1.165) is 0 Å². The summed E-state index contributed by atoms with van der Waals surface area (Å²) >= 11 is 0. The summed E-state index contributed by atoms with van der Waals surface area (Å²) in [6, 6.07) is 0. The zero-order chi connectivity index (χ0) is 0. The average Bonchev–Trinajstić information content (AvgIpc) is 0. The molecule has 5 nitrogen and oxygen atoms in total. The minimum atomic E-state index is 0. The van der Waals surface area contributed by atoms with Crippen molar-refractivity contribution in [2.45, 2.75) is 0 Å². The Hall–Kier alpha value is 1.42. The van der Waals surface area contributed by atoms with Gasteiger partial charge in [-0.15, -0.1) is 0 Å². The van der Waals surface area contributed by atoms with Crippen molar-refractivity contribution in [1.29, 1.82) is 0 Å². The summed E-state index contributed by atoms with van der Waals surface area (Å²) in [4.78, 5) is 0. The molecule has 0 unspecified atom stereocenters. The first-order valence-corrected chi connectivity index (χ1v) is 0. The third kappa shape index (κ3) is 151. The summed E-state index contributed by atoms with van der Waals surface area (Å²) in [5.74, 6) is 0. The molecule has 0 radical (unpaired) electrons. The van der Waals surface area contributed by atoms with Crippen LogP contribution in [0.15, 0.2) is 0 Å².